The number of benzene rings is 1. The van der Waals surface area contributed by atoms with E-state index >= 15 is 0 Å². The van der Waals surface area contributed by atoms with Gasteiger partial charge in [-0.25, -0.2) is 0 Å². The highest BCUT2D eigenvalue weighted by Crippen LogP contribution is 2.23. The van der Waals surface area contributed by atoms with E-state index in [0.717, 1.165) is 25.0 Å². The van der Waals surface area contributed by atoms with Gasteiger partial charge in [-0.05, 0) is 31.4 Å². The smallest absolute Gasteiger partial charge is 0.223 e. The Bertz CT molecular complexity index is 372. The van der Waals surface area contributed by atoms with E-state index < -0.39 is 0 Å². The molecule has 1 amide bonds. The van der Waals surface area contributed by atoms with Crippen LogP contribution in [0, 0.1) is 5.92 Å². The molecule has 1 aliphatic carbocycles. The summed E-state index contributed by atoms with van der Waals surface area (Å²) in [6.07, 6.45) is 6.67. The third-order valence-corrected chi connectivity index (χ3v) is 3.61. The van der Waals surface area contributed by atoms with Crippen LogP contribution in [0.4, 0.5) is 0 Å². The fourth-order valence-electron chi connectivity index (χ4n) is 2.50. The van der Waals surface area contributed by atoms with Gasteiger partial charge >= 0.3 is 0 Å². The molecule has 1 N–H and O–H groups in total. The van der Waals surface area contributed by atoms with Crippen LogP contribution in [0.2, 0.25) is 0 Å². The van der Waals surface area contributed by atoms with Crippen LogP contribution in [0.3, 0.4) is 0 Å². The molecule has 0 radical (unpaired) electrons. The summed E-state index contributed by atoms with van der Waals surface area (Å²) in [7, 11) is 0. The van der Waals surface area contributed by atoms with Crippen molar-refractivity contribution in [2.45, 2.75) is 38.5 Å². The normalized spacial score (nSPS) is 16.0. The molecule has 19 heavy (non-hydrogen) atoms. The molecule has 0 unspecified atom stereocenters. The summed E-state index contributed by atoms with van der Waals surface area (Å²) in [6, 6.07) is 9.78. The summed E-state index contributed by atoms with van der Waals surface area (Å²) < 4.78 is 5.58. The molecule has 0 atom stereocenters. The maximum atomic E-state index is 11.9. The maximum absolute atomic E-state index is 11.9. The molecule has 0 heterocycles. The molecule has 1 aliphatic rings. The second-order valence-electron chi connectivity index (χ2n) is 5.14. The zero-order chi connectivity index (χ0) is 13.3. The van der Waals surface area contributed by atoms with Gasteiger partial charge in [-0.2, -0.15) is 0 Å². The van der Waals surface area contributed by atoms with Crippen molar-refractivity contribution in [2.24, 2.45) is 5.92 Å². The quantitative estimate of drug-likeness (QED) is 0.799. The van der Waals surface area contributed by atoms with Gasteiger partial charge in [0.15, 0.2) is 0 Å². The lowest BCUT2D eigenvalue weighted by atomic mass is 9.89. The fourth-order valence-corrected chi connectivity index (χ4v) is 2.50. The molecular weight excluding hydrogens is 238 g/mol. The van der Waals surface area contributed by atoms with Crippen LogP contribution >= 0.6 is 0 Å². The monoisotopic (exact) mass is 261 g/mol. The van der Waals surface area contributed by atoms with Gasteiger partial charge in [0.25, 0.3) is 0 Å². The zero-order valence-electron chi connectivity index (χ0n) is 11.4. The van der Waals surface area contributed by atoms with Crippen molar-refractivity contribution < 1.29 is 9.53 Å². The fraction of sp³-hybridized carbons (Fsp3) is 0.562. The highest BCUT2D eigenvalue weighted by molar-refractivity contribution is 5.78. The van der Waals surface area contributed by atoms with Gasteiger partial charge in [0.1, 0.15) is 5.75 Å². The van der Waals surface area contributed by atoms with Crippen LogP contribution in [0.25, 0.3) is 0 Å². The van der Waals surface area contributed by atoms with E-state index in [4.69, 9.17) is 4.74 Å². The van der Waals surface area contributed by atoms with Crippen LogP contribution in [-0.4, -0.2) is 19.1 Å². The first-order valence-corrected chi connectivity index (χ1v) is 7.32. The predicted octanol–water partition coefficient (Wildman–Crippen LogP) is 3.15. The number of nitrogens with one attached hydrogen (secondary N) is 1. The van der Waals surface area contributed by atoms with Crippen LogP contribution < -0.4 is 10.1 Å². The van der Waals surface area contributed by atoms with E-state index in [1.807, 2.05) is 30.3 Å². The molecular formula is C16H23NO2. The van der Waals surface area contributed by atoms with Gasteiger partial charge in [-0.15, -0.1) is 0 Å². The van der Waals surface area contributed by atoms with E-state index in [1.165, 1.54) is 19.3 Å². The van der Waals surface area contributed by atoms with Gasteiger partial charge in [0.2, 0.25) is 5.91 Å². The first-order valence-electron chi connectivity index (χ1n) is 7.32. The Hall–Kier alpha value is -1.51. The Labute approximate surface area is 115 Å². The van der Waals surface area contributed by atoms with Crippen LogP contribution in [-0.2, 0) is 4.79 Å². The summed E-state index contributed by atoms with van der Waals surface area (Å²) in [6.45, 7) is 1.36. The molecule has 3 heteroatoms. The van der Waals surface area contributed by atoms with Crippen molar-refractivity contribution in [3.8, 4) is 5.75 Å². The second kappa shape index (κ2) is 7.82. The Morgan fingerprint density at radius 1 is 1.16 bits per heavy atom. The largest absolute Gasteiger partial charge is 0.494 e. The summed E-state index contributed by atoms with van der Waals surface area (Å²) >= 11 is 0. The van der Waals surface area contributed by atoms with E-state index in [9.17, 15) is 4.79 Å². The summed E-state index contributed by atoms with van der Waals surface area (Å²) in [5.74, 6) is 1.38. The molecule has 0 bridgehead atoms. The maximum Gasteiger partial charge on any atom is 0.223 e. The highest BCUT2D eigenvalue weighted by atomic mass is 16.5. The number of para-hydroxylation sites is 1. The van der Waals surface area contributed by atoms with Crippen molar-refractivity contribution in [3.63, 3.8) is 0 Å². The summed E-state index contributed by atoms with van der Waals surface area (Å²) in [4.78, 5) is 11.9. The summed E-state index contributed by atoms with van der Waals surface area (Å²) in [5, 5.41) is 3.02. The molecule has 1 fully saturated rings. The number of hydrogen-bond acceptors (Lipinski definition) is 2. The van der Waals surface area contributed by atoms with Crippen molar-refractivity contribution >= 4 is 5.91 Å². The third kappa shape index (κ3) is 4.93. The SMILES string of the molecule is O=C(NCCCOc1ccccc1)C1CCCCC1. The number of ether oxygens (including phenoxy) is 1. The summed E-state index contributed by atoms with van der Waals surface area (Å²) in [5.41, 5.74) is 0. The Balaban J connectivity index is 1.55. The zero-order valence-corrected chi connectivity index (χ0v) is 11.4. The van der Waals surface area contributed by atoms with Crippen molar-refractivity contribution in [2.75, 3.05) is 13.2 Å². The minimum atomic E-state index is 0.236. The molecule has 2 rings (SSSR count). The first kappa shape index (κ1) is 13.9. The van der Waals surface area contributed by atoms with Crippen LogP contribution in [0.15, 0.2) is 30.3 Å². The molecule has 1 aromatic carbocycles. The molecule has 0 aliphatic heterocycles. The lowest BCUT2D eigenvalue weighted by Crippen LogP contribution is -2.33. The molecule has 104 valence electrons. The number of carbonyl (C=O) groups is 1. The average molecular weight is 261 g/mol. The number of amides is 1. The predicted molar refractivity (Wildman–Crippen MR) is 76.1 cm³/mol. The van der Waals surface area contributed by atoms with Crippen molar-refractivity contribution in [1.82, 2.24) is 5.32 Å². The average Bonchev–Trinajstić information content (AvgIpc) is 2.49. The van der Waals surface area contributed by atoms with Crippen LogP contribution in [0.1, 0.15) is 38.5 Å². The topological polar surface area (TPSA) is 38.3 Å². The first-order chi connectivity index (χ1) is 9.36. The number of carbonyl (C=O) groups excluding carboxylic acids is 1. The lowest BCUT2D eigenvalue weighted by Gasteiger charge is -2.20. The van der Waals surface area contributed by atoms with E-state index in [0.29, 0.717) is 13.2 Å². The molecule has 0 saturated heterocycles. The van der Waals surface area contributed by atoms with Crippen molar-refractivity contribution in [1.29, 1.82) is 0 Å². The van der Waals surface area contributed by atoms with Gasteiger partial charge < -0.3 is 10.1 Å². The van der Waals surface area contributed by atoms with Gasteiger partial charge in [0.05, 0.1) is 6.61 Å². The Morgan fingerprint density at radius 2 is 1.89 bits per heavy atom. The Morgan fingerprint density at radius 3 is 2.63 bits per heavy atom. The number of rotatable bonds is 6. The number of hydrogen-bond donors (Lipinski definition) is 1. The van der Waals surface area contributed by atoms with E-state index in [2.05, 4.69) is 5.32 Å². The minimum Gasteiger partial charge on any atom is -0.494 e. The molecule has 1 aromatic rings. The third-order valence-electron chi connectivity index (χ3n) is 3.61. The Kier molecular flexibility index (Phi) is 5.73. The lowest BCUT2D eigenvalue weighted by molar-refractivity contribution is -0.125. The molecule has 0 aromatic heterocycles. The van der Waals surface area contributed by atoms with E-state index in [-0.39, 0.29) is 11.8 Å². The standard InChI is InChI=1S/C16H23NO2/c18-16(14-8-3-1-4-9-14)17-12-7-13-19-15-10-5-2-6-11-15/h2,5-6,10-11,14H,1,3-4,7-9,12-13H2,(H,17,18). The molecule has 1 saturated carbocycles. The molecule has 0 spiro atoms. The van der Waals surface area contributed by atoms with E-state index in [1.54, 1.807) is 0 Å². The van der Waals surface area contributed by atoms with Crippen LogP contribution in [0.5, 0.6) is 5.75 Å². The van der Waals surface area contributed by atoms with Gasteiger partial charge in [0, 0.05) is 12.5 Å². The highest BCUT2D eigenvalue weighted by Gasteiger charge is 2.20. The minimum absolute atomic E-state index is 0.236. The van der Waals surface area contributed by atoms with Gasteiger partial charge in [-0.3, -0.25) is 4.79 Å². The van der Waals surface area contributed by atoms with Gasteiger partial charge in [-0.1, -0.05) is 37.5 Å². The molecule has 3 nitrogen and oxygen atoms in total. The second-order valence-corrected chi connectivity index (χ2v) is 5.14. The van der Waals surface area contributed by atoms with Crippen molar-refractivity contribution in [3.05, 3.63) is 30.3 Å².